The van der Waals surface area contributed by atoms with Crippen LogP contribution in [0.25, 0.3) is 0 Å². The highest BCUT2D eigenvalue weighted by Gasteiger charge is 2.52. The minimum absolute atomic E-state index is 0.00853. The maximum absolute atomic E-state index is 11.5. The number of para-hydroxylation sites is 1. The molecular weight excluding hydrogens is 324 g/mol. The van der Waals surface area contributed by atoms with Crippen LogP contribution in [0.3, 0.4) is 0 Å². The van der Waals surface area contributed by atoms with E-state index in [0.29, 0.717) is 0 Å². The second-order valence-electron chi connectivity index (χ2n) is 7.61. The summed E-state index contributed by atoms with van der Waals surface area (Å²) in [5.41, 5.74) is 3.64. The fourth-order valence-corrected chi connectivity index (χ4v) is 4.96. The van der Waals surface area contributed by atoms with E-state index in [0.717, 1.165) is 43.8 Å². The first-order valence-electron chi connectivity index (χ1n) is 9.48. The number of rotatable bonds is 4. The predicted molar refractivity (Wildman–Crippen MR) is 103 cm³/mol. The van der Waals surface area contributed by atoms with Crippen molar-refractivity contribution in [3.63, 3.8) is 0 Å². The molecule has 0 radical (unpaired) electrons. The largest absolute Gasteiger partial charge is 0.496 e. The van der Waals surface area contributed by atoms with Crippen LogP contribution in [-0.4, -0.2) is 43.4 Å². The van der Waals surface area contributed by atoms with E-state index in [9.17, 15) is 5.11 Å². The van der Waals surface area contributed by atoms with Crippen LogP contribution in [0.2, 0.25) is 0 Å². The molecule has 1 aliphatic heterocycles. The van der Waals surface area contributed by atoms with Gasteiger partial charge >= 0.3 is 0 Å². The third-order valence-electron chi connectivity index (χ3n) is 6.26. The standard InChI is InChI=1S/C22H28N2O2/c1-24(15-16-7-3-6-10-19(16)26-2)20-17-8-4-5-9-18(17)22(21(20)25)11-13-23-14-12-22/h3-10,20-21,23,25H,11-15H2,1-2H3/t20-,21+/m1/s1. The summed E-state index contributed by atoms with van der Waals surface area (Å²) >= 11 is 0. The number of aliphatic hydroxyl groups is 1. The van der Waals surface area contributed by atoms with Crippen molar-refractivity contribution in [1.82, 2.24) is 10.2 Å². The van der Waals surface area contributed by atoms with Gasteiger partial charge in [0.1, 0.15) is 5.75 Å². The molecule has 0 amide bonds. The lowest BCUT2D eigenvalue weighted by molar-refractivity contribution is 0.00403. The molecule has 2 aromatic rings. The van der Waals surface area contributed by atoms with Crippen LogP contribution < -0.4 is 10.1 Å². The topological polar surface area (TPSA) is 44.7 Å². The number of benzene rings is 2. The number of aliphatic hydroxyl groups excluding tert-OH is 1. The number of nitrogens with one attached hydrogen (secondary N) is 1. The van der Waals surface area contributed by atoms with Gasteiger partial charge in [-0.1, -0.05) is 42.5 Å². The van der Waals surface area contributed by atoms with Crippen molar-refractivity contribution in [2.24, 2.45) is 0 Å². The molecule has 0 unspecified atom stereocenters. The quantitative estimate of drug-likeness (QED) is 0.888. The molecule has 1 heterocycles. The Morgan fingerprint density at radius 1 is 1.12 bits per heavy atom. The maximum atomic E-state index is 11.5. The molecule has 2 N–H and O–H groups in total. The second-order valence-corrected chi connectivity index (χ2v) is 7.61. The molecule has 1 spiro atoms. The van der Waals surface area contributed by atoms with Crippen LogP contribution in [0.15, 0.2) is 48.5 Å². The minimum atomic E-state index is -0.387. The van der Waals surface area contributed by atoms with Crippen molar-refractivity contribution in [2.45, 2.75) is 36.9 Å². The van der Waals surface area contributed by atoms with Crippen LogP contribution >= 0.6 is 0 Å². The SMILES string of the molecule is COc1ccccc1CN(C)[C@@H]1c2ccccc2C2(CCNCC2)[C@H]1O. The molecule has 0 bridgehead atoms. The molecule has 4 rings (SSSR count). The summed E-state index contributed by atoms with van der Waals surface area (Å²) in [6, 6.07) is 16.8. The number of nitrogens with zero attached hydrogens (tertiary/aromatic N) is 1. The Morgan fingerprint density at radius 3 is 2.58 bits per heavy atom. The minimum Gasteiger partial charge on any atom is -0.496 e. The van der Waals surface area contributed by atoms with Crippen LogP contribution in [0.5, 0.6) is 5.75 Å². The Labute approximate surface area is 155 Å². The molecule has 26 heavy (non-hydrogen) atoms. The smallest absolute Gasteiger partial charge is 0.123 e. The van der Waals surface area contributed by atoms with Crippen LogP contribution in [0, 0.1) is 0 Å². The van der Waals surface area contributed by atoms with E-state index in [-0.39, 0.29) is 17.6 Å². The Bertz CT molecular complexity index is 770. The fraction of sp³-hybridized carbons (Fsp3) is 0.455. The summed E-state index contributed by atoms with van der Waals surface area (Å²) in [5.74, 6) is 0.900. The zero-order valence-electron chi connectivity index (χ0n) is 15.6. The van der Waals surface area contributed by atoms with Gasteiger partial charge in [-0.3, -0.25) is 4.90 Å². The second kappa shape index (κ2) is 7.03. The Kier molecular flexibility index (Phi) is 4.74. The van der Waals surface area contributed by atoms with Crippen LogP contribution in [-0.2, 0) is 12.0 Å². The van der Waals surface area contributed by atoms with Gasteiger partial charge in [0.2, 0.25) is 0 Å². The van der Waals surface area contributed by atoms with Gasteiger partial charge in [0, 0.05) is 17.5 Å². The van der Waals surface area contributed by atoms with Crippen molar-refractivity contribution in [2.75, 3.05) is 27.2 Å². The van der Waals surface area contributed by atoms with Crippen molar-refractivity contribution in [3.05, 3.63) is 65.2 Å². The summed E-state index contributed by atoms with van der Waals surface area (Å²) in [6.45, 7) is 2.68. The molecule has 4 heteroatoms. The average Bonchev–Trinajstić information content (AvgIpc) is 2.91. The lowest BCUT2D eigenvalue weighted by Crippen LogP contribution is -2.48. The molecule has 1 saturated heterocycles. The van der Waals surface area contributed by atoms with Gasteiger partial charge in [0.25, 0.3) is 0 Å². The summed E-state index contributed by atoms with van der Waals surface area (Å²) in [5, 5.41) is 14.9. The summed E-state index contributed by atoms with van der Waals surface area (Å²) in [4.78, 5) is 2.28. The van der Waals surface area contributed by atoms with E-state index in [2.05, 4.69) is 47.6 Å². The number of ether oxygens (including phenoxy) is 1. The first-order chi connectivity index (χ1) is 12.7. The van der Waals surface area contributed by atoms with Gasteiger partial charge < -0.3 is 15.2 Å². The monoisotopic (exact) mass is 352 g/mol. The van der Waals surface area contributed by atoms with E-state index in [1.165, 1.54) is 11.1 Å². The van der Waals surface area contributed by atoms with E-state index in [1.54, 1.807) is 7.11 Å². The Hall–Kier alpha value is -1.88. The van der Waals surface area contributed by atoms with Gasteiger partial charge in [-0.2, -0.15) is 0 Å². The lowest BCUT2D eigenvalue weighted by Gasteiger charge is -2.40. The lowest BCUT2D eigenvalue weighted by atomic mass is 9.72. The summed E-state index contributed by atoms with van der Waals surface area (Å²) < 4.78 is 5.52. The summed E-state index contributed by atoms with van der Waals surface area (Å²) in [6.07, 6.45) is 1.59. The number of methoxy groups -OCH3 is 1. The van der Waals surface area contributed by atoms with Crippen molar-refractivity contribution >= 4 is 0 Å². The van der Waals surface area contributed by atoms with Gasteiger partial charge in [-0.05, 0) is 50.2 Å². The average molecular weight is 352 g/mol. The number of likely N-dealkylation sites (N-methyl/N-ethyl adjacent to an activating group) is 1. The molecule has 138 valence electrons. The first kappa shape index (κ1) is 17.5. The van der Waals surface area contributed by atoms with E-state index in [1.807, 2.05) is 18.2 Å². The zero-order valence-corrected chi connectivity index (χ0v) is 15.6. The number of fused-ring (bicyclic) bond motifs is 2. The van der Waals surface area contributed by atoms with Crippen molar-refractivity contribution in [3.8, 4) is 5.75 Å². The normalized spacial score (nSPS) is 24.0. The molecule has 0 aromatic heterocycles. The molecule has 2 aromatic carbocycles. The molecule has 1 fully saturated rings. The highest BCUT2D eigenvalue weighted by atomic mass is 16.5. The Balaban J connectivity index is 1.68. The molecular formula is C22H28N2O2. The Morgan fingerprint density at radius 2 is 1.81 bits per heavy atom. The summed E-state index contributed by atoms with van der Waals surface area (Å²) in [7, 11) is 3.82. The van der Waals surface area contributed by atoms with Gasteiger partial charge in [0.05, 0.1) is 19.3 Å². The number of hydrogen-bond donors (Lipinski definition) is 2. The maximum Gasteiger partial charge on any atom is 0.123 e. The zero-order chi connectivity index (χ0) is 18.1. The molecule has 2 atom stereocenters. The van der Waals surface area contributed by atoms with Crippen molar-refractivity contribution < 1.29 is 9.84 Å². The van der Waals surface area contributed by atoms with E-state index < -0.39 is 0 Å². The fourth-order valence-electron chi connectivity index (χ4n) is 4.96. The van der Waals surface area contributed by atoms with Gasteiger partial charge in [-0.15, -0.1) is 0 Å². The first-order valence-corrected chi connectivity index (χ1v) is 9.48. The molecule has 1 aliphatic carbocycles. The highest BCUT2D eigenvalue weighted by molar-refractivity contribution is 5.45. The van der Waals surface area contributed by atoms with Crippen LogP contribution in [0.1, 0.15) is 35.6 Å². The number of piperidine rings is 1. The molecule has 4 nitrogen and oxygen atoms in total. The predicted octanol–water partition coefficient (Wildman–Crippen LogP) is 2.86. The third-order valence-corrected chi connectivity index (χ3v) is 6.26. The van der Waals surface area contributed by atoms with Gasteiger partial charge in [-0.25, -0.2) is 0 Å². The van der Waals surface area contributed by atoms with Crippen molar-refractivity contribution in [1.29, 1.82) is 0 Å². The number of hydrogen-bond acceptors (Lipinski definition) is 4. The molecule has 2 aliphatic rings. The van der Waals surface area contributed by atoms with E-state index in [4.69, 9.17) is 4.74 Å². The van der Waals surface area contributed by atoms with Gasteiger partial charge in [0.15, 0.2) is 0 Å². The van der Waals surface area contributed by atoms with E-state index >= 15 is 0 Å². The third kappa shape index (κ3) is 2.73. The van der Waals surface area contributed by atoms with Crippen LogP contribution in [0.4, 0.5) is 0 Å². The highest BCUT2D eigenvalue weighted by Crippen LogP contribution is 2.52. The molecule has 0 saturated carbocycles.